The number of thioether (sulfide) groups is 1. The van der Waals surface area contributed by atoms with Crippen LogP contribution in [0.25, 0.3) is 0 Å². The minimum atomic E-state index is -0.305. The maximum atomic E-state index is 13.3. The summed E-state index contributed by atoms with van der Waals surface area (Å²) in [5.74, 6) is -0.155. The molecule has 0 bridgehead atoms. The number of benzene rings is 3. The van der Waals surface area contributed by atoms with E-state index in [1.54, 1.807) is 0 Å². The molecule has 0 spiro atoms. The summed E-state index contributed by atoms with van der Waals surface area (Å²) in [4.78, 5) is 29.2. The zero-order chi connectivity index (χ0) is 21.8. The van der Waals surface area contributed by atoms with Crippen LogP contribution in [0.2, 0.25) is 0 Å². The quantitative estimate of drug-likeness (QED) is 0.484. The first kappa shape index (κ1) is 20.9. The van der Waals surface area contributed by atoms with Crippen molar-refractivity contribution < 1.29 is 9.59 Å². The highest BCUT2D eigenvalue weighted by Crippen LogP contribution is 2.36. The summed E-state index contributed by atoms with van der Waals surface area (Å²) >= 11 is 1.32. The molecular formula is C26H24N2O2S. The van der Waals surface area contributed by atoms with E-state index in [9.17, 15) is 9.59 Å². The SMILES string of the molecule is CC(C)c1ccc(NC2=C(Sc3ccccc3)C(=O)N(Cc3ccccc3)C2=O)cc1. The lowest BCUT2D eigenvalue weighted by atomic mass is 10.0. The highest BCUT2D eigenvalue weighted by molar-refractivity contribution is 8.04. The van der Waals surface area contributed by atoms with Crippen LogP contribution in [-0.2, 0) is 16.1 Å². The lowest BCUT2D eigenvalue weighted by molar-refractivity contribution is -0.137. The Morgan fingerprint density at radius 3 is 2.03 bits per heavy atom. The fourth-order valence-corrected chi connectivity index (χ4v) is 4.34. The summed E-state index contributed by atoms with van der Waals surface area (Å²) in [5, 5.41) is 3.22. The fourth-order valence-electron chi connectivity index (χ4n) is 3.37. The van der Waals surface area contributed by atoms with E-state index >= 15 is 0 Å². The standard InChI is InChI=1S/C26H24N2O2S/c1-18(2)20-13-15-21(16-14-20)27-23-24(31-22-11-7-4-8-12-22)26(30)28(25(23)29)17-19-9-5-3-6-10-19/h3-16,18,27H,17H2,1-2H3. The van der Waals surface area contributed by atoms with Crippen molar-refractivity contribution in [2.24, 2.45) is 0 Å². The maximum Gasteiger partial charge on any atom is 0.278 e. The third-order valence-electron chi connectivity index (χ3n) is 5.12. The van der Waals surface area contributed by atoms with Gasteiger partial charge < -0.3 is 5.32 Å². The van der Waals surface area contributed by atoms with Gasteiger partial charge in [-0.1, -0.05) is 86.3 Å². The van der Waals surface area contributed by atoms with Crippen molar-refractivity contribution in [3.8, 4) is 0 Å². The van der Waals surface area contributed by atoms with Gasteiger partial charge in [0.25, 0.3) is 11.8 Å². The molecule has 0 fully saturated rings. The Hall–Kier alpha value is -3.31. The van der Waals surface area contributed by atoms with Crippen LogP contribution in [0.4, 0.5) is 5.69 Å². The number of nitrogens with zero attached hydrogens (tertiary/aromatic N) is 1. The molecule has 0 saturated carbocycles. The van der Waals surface area contributed by atoms with Gasteiger partial charge in [0.05, 0.1) is 6.54 Å². The van der Waals surface area contributed by atoms with E-state index in [0.29, 0.717) is 16.5 Å². The van der Waals surface area contributed by atoms with Crippen LogP contribution in [-0.4, -0.2) is 16.7 Å². The number of carbonyl (C=O) groups excluding carboxylic acids is 2. The second kappa shape index (κ2) is 9.23. The van der Waals surface area contributed by atoms with Gasteiger partial charge in [-0.3, -0.25) is 14.5 Å². The van der Waals surface area contributed by atoms with Gasteiger partial charge in [0, 0.05) is 10.6 Å². The van der Waals surface area contributed by atoms with Crippen molar-refractivity contribution in [1.82, 2.24) is 4.90 Å². The largest absolute Gasteiger partial charge is 0.350 e. The molecule has 1 aliphatic rings. The van der Waals surface area contributed by atoms with E-state index in [-0.39, 0.29) is 18.4 Å². The Balaban J connectivity index is 1.65. The molecule has 3 aromatic rings. The van der Waals surface area contributed by atoms with E-state index < -0.39 is 0 Å². The minimum absolute atomic E-state index is 0.245. The topological polar surface area (TPSA) is 49.4 Å². The average Bonchev–Trinajstić information content (AvgIpc) is 3.00. The molecule has 156 valence electrons. The molecule has 5 heteroatoms. The molecule has 4 rings (SSSR count). The van der Waals surface area contributed by atoms with Crippen LogP contribution in [0.3, 0.4) is 0 Å². The van der Waals surface area contributed by atoms with Gasteiger partial charge in [0.2, 0.25) is 0 Å². The number of imide groups is 1. The number of hydrogen-bond acceptors (Lipinski definition) is 4. The molecule has 1 aliphatic heterocycles. The number of hydrogen-bond donors (Lipinski definition) is 1. The van der Waals surface area contributed by atoms with Crippen LogP contribution in [0.5, 0.6) is 0 Å². The Labute approximate surface area is 187 Å². The van der Waals surface area contributed by atoms with E-state index in [4.69, 9.17) is 0 Å². The predicted molar refractivity (Wildman–Crippen MR) is 125 cm³/mol. The molecule has 0 radical (unpaired) electrons. The van der Waals surface area contributed by atoms with Gasteiger partial charge in [-0.05, 0) is 41.3 Å². The molecule has 1 N–H and O–H groups in total. The third-order valence-corrected chi connectivity index (χ3v) is 6.21. The second-order valence-corrected chi connectivity index (χ2v) is 8.79. The third kappa shape index (κ3) is 4.72. The first-order chi connectivity index (χ1) is 15.0. The van der Waals surface area contributed by atoms with Gasteiger partial charge in [0.1, 0.15) is 10.6 Å². The molecule has 0 unspecified atom stereocenters. The molecule has 0 saturated heterocycles. The Morgan fingerprint density at radius 2 is 1.42 bits per heavy atom. The summed E-state index contributed by atoms with van der Waals surface area (Å²) in [6.45, 7) is 4.52. The summed E-state index contributed by atoms with van der Waals surface area (Å²) in [6.07, 6.45) is 0. The molecule has 2 amide bonds. The highest BCUT2D eigenvalue weighted by atomic mass is 32.2. The molecule has 0 aliphatic carbocycles. The molecule has 1 heterocycles. The Kier molecular flexibility index (Phi) is 6.23. The van der Waals surface area contributed by atoms with Gasteiger partial charge in [-0.25, -0.2) is 0 Å². The van der Waals surface area contributed by atoms with Gasteiger partial charge in [-0.15, -0.1) is 0 Å². The minimum Gasteiger partial charge on any atom is -0.350 e. The van der Waals surface area contributed by atoms with Crippen molar-refractivity contribution in [2.75, 3.05) is 5.32 Å². The van der Waals surface area contributed by atoms with Gasteiger partial charge in [0.15, 0.2) is 0 Å². The predicted octanol–water partition coefficient (Wildman–Crippen LogP) is 5.79. The smallest absolute Gasteiger partial charge is 0.278 e. The number of carbonyl (C=O) groups is 2. The number of amides is 2. The lowest BCUT2D eigenvalue weighted by Gasteiger charge is -2.15. The molecule has 31 heavy (non-hydrogen) atoms. The van der Waals surface area contributed by atoms with Crippen molar-refractivity contribution in [3.05, 3.63) is 107 Å². The van der Waals surface area contributed by atoms with E-state index in [1.807, 2.05) is 84.9 Å². The molecule has 3 aromatic carbocycles. The van der Waals surface area contributed by atoms with Crippen molar-refractivity contribution in [1.29, 1.82) is 0 Å². The molecule has 0 atom stereocenters. The summed E-state index contributed by atoms with van der Waals surface area (Å²) < 4.78 is 0. The van der Waals surface area contributed by atoms with Crippen LogP contribution in [0.1, 0.15) is 30.9 Å². The Bertz CT molecular complexity index is 1110. The van der Waals surface area contributed by atoms with Crippen LogP contribution in [0.15, 0.2) is 100 Å². The van der Waals surface area contributed by atoms with Crippen molar-refractivity contribution in [3.63, 3.8) is 0 Å². The summed E-state index contributed by atoms with van der Waals surface area (Å²) in [7, 11) is 0. The summed E-state index contributed by atoms with van der Waals surface area (Å²) in [6, 6.07) is 27.2. The number of nitrogens with one attached hydrogen (secondary N) is 1. The first-order valence-corrected chi connectivity index (χ1v) is 11.1. The number of rotatable bonds is 7. The van der Waals surface area contributed by atoms with E-state index in [2.05, 4.69) is 19.2 Å². The highest BCUT2D eigenvalue weighted by Gasteiger charge is 2.39. The van der Waals surface area contributed by atoms with Gasteiger partial charge in [-0.2, -0.15) is 0 Å². The molecular weight excluding hydrogens is 404 g/mol. The maximum absolute atomic E-state index is 13.3. The van der Waals surface area contributed by atoms with Crippen LogP contribution < -0.4 is 5.32 Å². The van der Waals surface area contributed by atoms with Gasteiger partial charge >= 0.3 is 0 Å². The average molecular weight is 429 g/mol. The van der Waals surface area contributed by atoms with Crippen LogP contribution >= 0.6 is 11.8 Å². The monoisotopic (exact) mass is 428 g/mol. The molecule has 4 nitrogen and oxygen atoms in total. The number of anilines is 1. The van der Waals surface area contributed by atoms with Crippen molar-refractivity contribution >= 4 is 29.3 Å². The van der Waals surface area contributed by atoms with Crippen LogP contribution in [0, 0.1) is 0 Å². The molecule has 0 aromatic heterocycles. The Morgan fingerprint density at radius 1 is 0.806 bits per heavy atom. The fraction of sp³-hybridized carbons (Fsp3) is 0.154. The van der Waals surface area contributed by atoms with Crippen molar-refractivity contribution in [2.45, 2.75) is 31.2 Å². The second-order valence-electron chi connectivity index (χ2n) is 7.70. The zero-order valence-corrected chi connectivity index (χ0v) is 18.4. The first-order valence-electron chi connectivity index (χ1n) is 10.3. The summed E-state index contributed by atoms with van der Waals surface area (Å²) in [5.41, 5.74) is 3.24. The van der Waals surface area contributed by atoms with E-state index in [0.717, 1.165) is 16.1 Å². The normalized spacial score (nSPS) is 14.0. The lowest BCUT2D eigenvalue weighted by Crippen LogP contribution is -2.31. The zero-order valence-electron chi connectivity index (χ0n) is 17.5. The van der Waals surface area contributed by atoms with E-state index in [1.165, 1.54) is 22.2 Å².